The van der Waals surface area contributed by atoms with Crippen LogP contribution in [0.2, 0.25) is 0 Å². The van der Waals surface area contributed by atoms with Crippen LogP contribution >= 0.6 is 11.8 Å². The Morgan fingerprint density at radius 2 is 2.10 bits per heavy atom. The predicted molar refractivity (Wildman–Crippen MR) is 93.5 cm³/mol. The average molecular weight is 305 g/mol. The normalized spacial score (nSPS) is 13.9. The van der Waals surface area contributed by atoms with Crippen LogP contribution in [0.25, 0.3) is 0 Å². The topological polar surface area (TPSA) is 35.8 Å². The van der Waals surface area contributed by atoms with Gasteiger partial charge in [0.2, 0.25) is 0 Å². The summed E-state index contributed by atoms with van der Waals surface area (Å²) in [5, 5.41) is 12.7. The molecule has 1 atom stereocenters. The van der Waals surface area contributed by atoms with Gasteiger partial charge in [-0.05, 0) is 58.3 Å². The van der Waals surface area contributed by atoms with Crippen LogP contribution < -0.4 is 5.32 Å². The second kappa shape index (κ2) is 9.12. The number of nitriles is 1. The zero-order valence-corrected chi connectivity index (χ0v) is 14.6. The molecule has 1 N–H and O–H groups in total. The van der Waals surface area contributed by atoms with E-state index in [-0.39, 0.29) is 5.54 Å². The van der Waals surface area contributed by atoms with Crippen molar-refractivity contribution in [2.75, 3.05) is 5.75 Å². The van der Waals surface area contributed by atoms with Gasteiger partial charge in [0.25, 0.3) is 0 Å². The summed E-state index contributed by atoms with van der Waals surface area (Å²) < 4.78 is 0. The van der Waals surface area contributed by atoms with Crippen LogP contribution in [0.3, 0.4) is 0 Å². The Balaban J connectivity index is 2.18. The summed E-state index contributed by atoms with van der Waals surface area (Å²) >= 11 is 1.98. The van der Waals surface area contributed by atoms with Gasteiger partial charge in [-0.15, -0.1) is 0 Å². The van der Waals surface area contributed by atoms with E-state index >= 15 is 0 Å². The molecule has 0 aliphatic rings. The second-order valence-electron chi connectivity index (χ2n) is 6.24. The lowest BCUT2D eigenvalue weighted by atomic mass is 9.96. The van der Waals surface area contributed by atoms with Crippen molar-refractivity contribution in [3.8, 4) is 6.07 Å². The van der Waals surface area contributed by atoms with Crippen LogP contribution in [-0.2, 0) is 5.75 Å². The van der Waals surface area contributed by atoms with Gasteiger partial charge in [0, 0.05) is 11.8 Å². The van der Waals surface area contributed by atoms with E-state index < -0.39 is 0 Å². The molecular formula is C18H28N2S. The summed E-state index contributed by atoms with van der Waals surface area (Å²) in [5.74, 6) is 2.25. The van der Waals surface area contributed by atoms with Crippen molar-refractivity contribution in [3.05, 3.63) is 35.4 Å². The summed E-state index contributed by atoms with van der Waals surface area (Å²) in [6.07, 6.45) is 3.20. The molecule has 0 radical (unpaired) electrons. The molecule has 0 saturated carbocycles. The van der Waals surface area contributed by atoms with E-state index in [1.54, 1.807) is 0 Å². The molecule has 21 heavy (non-hydrogen) atoms. The third-order valence-electron chi connectivity index (χ3n) is 3.42. The van der Waals surface area contributed by atoms with Crippen LogP contribution in [0.15, 0.2) is 24.3 Å². The van der Waals surface area contributed by atoms with Gasteiger partial charge in [-0.25, -0.2) is 0 Å². The molecule has 1 rings (SSSR count). The third kappa shape index (κ3) is 7.55. The number of unbranched alkanes of at least 4 members (excludes halogenated alkanes) is 1. The average Bonchev–Trinajstić information content (AvgIpc) is 2.42. The molecule has 0 aliphatic carbocycles. The molecule has 3 heteroatoms. The molecule has 0 heterocycles. The first-order valence-electron chi connectivity index (χ1n) is 7.77. The number of thioether (sulfide) groups is 1. The minimum atomic E-state index is -0.380. The minimum Gasteiger partial charge on any atom is -0.297 e. The maximum atomic E-state index is 9.29. The largest absolute Gasteiger partial charge is 0.297 e. The molecule has 116 valence electrons. The van der Waals surface area contributed by atoms with E-state index in [1.807, 2.05) is 18.7 Å². The number of nitrogens with zero attached hydrogens (tertiary/aromatic N) is 1. The molecule has 0 spiro atoms. The van der Waals surface area contributed by atoms with Gasteiger partial charge in [-0.2, -0.15) is 17.0 Å². The Kier molecular flexibility index (Phi) is 7.85. The highest BCUT2D eigenvalue weighted by atomic mass is 32.2. The van der Waals surface area contributed by atoms with E-state index in [0.717, 1.165) is 24.3 Å². The molecule has 0 fully saturated rings. The number of aryl methyl sites for hydroxylation is 1. The highest BCUT2D eigenvalue weighted by Crippen LogP contribution is 2.18. The van der Waals surface area contributed by atoms with Gasteiger partial charge in [0.15, 0.2) is 0 Å². The highest BCUT2D eigenvalue weighted by molar-refractivity contribution is 7.98. The molecule has 2 nitrogen and oxygen atoms in total. The number of nitrogens with one attached hydrogen (secondary N) is 1. The fraction of sp³-hybridized carbons (Fsp3) is 0.611. The fourth-order valence-corrected chi connectivity index (χ4v) is 3.44. The van der Waals surface area contributed by atoms with Gasteiger partial charge in [0.1, 0.15) is 5.54 Å². The minimum absolute atomic E-state index is 0.352. The Morgan fingerprint density at radius 3 is 2.71 bits per heavy atom. The predicted octanol–water partition coefficient (Wildman–Crippen LogP) is 4.68. The van der Waals surface area contributed by atoms with E-state index in [4.69, 9.17) is 0 Å². The van der Waals surface area contributed by atoms with E-state index in [0.29, 0.717) is 6.04 Å². The van der Waals surface area contributed by atoms with Gasteiger partial charge in [0.05, 0.1) is 6.07 Å². The highest BCUT2D eigenvalue weighted by Gasteiger charge is 2.23. The molecule has 1 aromatic carbocycles. The van der Waals surface area contributed by atoms with E-state index in [1.165, 1.54) is 17.5 Å². The second-order valence-corrected chi connectivity index (χ2v) is 7.35. The zero-order valence-electron chi connectivity index (χ0n) is 13.8. The first kappa shape index (κ1) is 18.1. The maximum absolute atomic E-state index is 9.29. The molecule has 1 unspecified atom stereocenters. The lowest BCUT2D eigenvalue weighted by molar-refractivity contribution is 0.372. The van der Waals surface area contributed by atoms with E-state index in [9.17, 15) is 5.26 Å². The molecule has 0 aromatic heterocycles. The molecule has 0 aliphatic heterocycles. The maximum Gasteiger partial charge on any atom is 0.104 e. The first-order valence-corrected chi connectivity index (χ1v) is 8.93. The standard InChI is InChI=1S/C18H28N2S/c1-15(2)20-18(4,14-19)10-5-6-11-21-13-17-9-7-8-16(3)12-17/h7-9,12,15,20H,5-6,10-11,13H2,1-4H3. The number of hydrogen-bond donors (Lipinski definition) is 1. The third-order valence-corrected chi connectivity index (χ3v) is 4.54. The van der Waals surface area contributed by atoms with E-state index in [2.05, 4.69) is 56.4 Å². The Morgan fingerprint density at radius 1 is 1.33 bits per heavy atom. The van der Waals surface area contributed by atoms with Crippen molar-refractivity contribution in [3.63, 3.8) is 0 Å². The molecular weight excluding hydrogens is 276 g/mol. The number of rotatable bonds is 9. The van der Waals surface area contributed by atoms with Crippen LogP contribution in [0, 0.1) is 18.3 Å². The molecule has 1 aromatic rings. The van der Waals surface area contributed by atoms with Crippen molar-refractivity contribution in [2.45, 2.75) is 64.3 Å². The monoisotopic (exact) mass is 304 g/mol. The van der Waals surface area contributed by atoms with Crippen molar-refractivity contribution < 1.29 is 0 Å². The molecule has 0 saturated heterocycles. The Hall–Kier alpha value is -0.980. The van der Waals surface area contributed by atoms with Crippen LogP contribution in [0.5, 0.6) is 0 Å². The van der Waals surface area contributed by atoms with Gasteiger partial charge in [-0.1, -0.05) is 29.8 Å². The molecule has 0 bridgehead atoms. The Bertz CT molecular complexity index is 465. The van der Waals surface area contributed by atoms with Crippen molar-refractivity contribution in [1.82, 2.24) is 5.32 Å². The van der Waals surface area contributed by atoms with Crippen molar-refractivity contribution in [2.24, 2.45) is 0 Å². The first-order chi connectivity index (χ1) is 9.95. The summed E-state index contributed by atoms with van der Waals surface area (Å²) in [7, 11) is 0. The van der Waals surface area contributed by atoms with Gasteiger partial charge in [-0.3, -0.25) is 5.32 Å². The summed E-state index contributed by atoms with van der Waals surface area (Å²) in [6, 6.07) is 11.5. The van der Waals surface area contributed by atoms with Crippen LogP contribution in [0.4, 0.5) is 0 Å². The lowest BCUT2D eigenvalue weighted by Gasteiger charge is -2.25. The Labute approximate surface area is 134 Å². The van der Waals surface area contributed by atoms with Gasteiger partial charge >= 0.3 is 0 Å². The fourth-order valence-electron chi connectivity index (χ4n) is 2.47. The summed E-state index contributed by atoms with van der Waals surface area (Å²) in [6.45, 7) is 8.33. The zero-order chi connectivity index (χ0) is 15.7. The van der Waals surface area contributed by atoms with Gasteiger partial charge < -0.3 is 0 Å². The number of benzene rings is 1. The summed E-state index contributed by atoms with van der Waals surface area (Å²) in [5.41, 5.74) is 2.36. The smallest absolute Gasteiger partial charge is 0.104 e. The van der Waals surface area contributed by atoms with Crippen molar-refractivity contribution >= 4 is 11.8 Å². The lowest BCUT2D eigenvalue weighted by Crippen LogP contribution is -2.44. The quantitative estimate of drug-likeness (QED) is 0.673. The molecule has 0 amide bonds. The number of hydrogen-bond acceptors (Lipinski definition) is 3. The van der Waals surface area contributed by atoms with Crippen LogP contribution in [0.1, 0.15) is 51.2 Å². The SMILES string of the molecule is Cc1cccc(CSCCCCC(C)(C#N)NC(C)C)c1. The van der Waals surface area contributed by atoms with Crippen molar-refractivity contribution in [1.29, 1.82) is 5.26 Å². The summed E-state index contributed by atoms with van der Waals surface area (Å²) in [4.78, 5) is 0. The van der Waals surface area contributed by atoms with Crippen LogP contribution in [-0.4, -0.2) is 17.3 Å².